The topological polar surface area (TPSA) is 51.2 Å². The second-order valence-corrected chi connectivity index (χ2v) is 3.63. The molecule has 0 aromatic rings. The summed E-state index contributed by atoms with van der Waals surface area (Å²) in [5.41, 5.74) is 0. The molecule has 0 saturated heterocycles. The molecule has 0 aromatic heterocycles. The van der Waals surface area contributed by atoms with Gasteiger partial charge in [0.2, 0.25) is 0 Å². The molecule has 0 bridgehead atoms. The Morgan fingerprint density at radius 1 is 0.667 bits per heavy atom. The van der Waals surface area contributed by atoms with E-state index in [1.807, 2.05) is 0 Å². The Kier molecular flexibility index (Phi) is 37.5. The van der Waals surface area contributed by atoms with Gasteiger partial charge in [-0.25, -0.2) is 0 Å². The van der Waals surface area contributed by atoms with Gasteiger partial charge >= 0.3 is 0 Å². The van der Waals surface area contributed by atoms with Crippen LogP contribution in [-0.2, 0) is 14.4 Å². The van der Waals surface area contributed by atoms with Crippen molar-refractivity contribution in [2.75, 3.05) is 5.34 Å². The zero-order valence-corrected chi connectivity index (χ0v) is 11.7. The van der Waals surface area contributed by atoms with Crippen molar-refractivity contribution in [1.82, 2.24) is 0 Å². The highest BCUT2D eigenvalue weighted by atomic mass is 35.5. The predicted molar refractivity (Wildman–Crippen MR) is 65.6 cm³/mol. The van der Waals surface area contributed by atoms with E-state index < -0.39 is 0 Å². The molecule has 5 heteroatoms. The average molecular weight is 259 g/mol. The molecule has 0 radical (unpaired) electrons. The first-order valence-electron chi connectivity index (χ1n) is 4.15. The van der Waals surface area contributed by atoms with Gasteiger partial charge < -0.3 is 14.4 Å². The van der Waals surface area contributed by atoms with E-state index in [0.29, 0.717) is 0 Å². The third-order valence-electron chi connectivity index (χ3n) is 0. The van der Waals surface area contributed by atoms with Gasteiger partial charge in [0.1, 0.15) is 17.3 Å². The standard InChI is InChI=1S/3C3H6O.CH2Cl2/c3*1-3(2)4;2-1-3/h3*1-2H3;1H2. The maximum Gasteiger partial charge on any atom is 0.126 e. The molecule has 15 heavy (non-hydrogen) atoms. The van der Waals surface area contributed by atoms with Crippen LogP contribution in [0.25, 0.3) is 0 Å². The van der Waals surface area contributed by atoms with E-state index in [0.717, 1.165) is 0 Å². The van der Waals surface area contributed by atoms with E-state index in [1.54, 1.807) is 0 Å². The molecule has 0 saturated carbocycles. The van der Waals surface area contributed by atoms with Gasteiger partial charge in [0.05, 0.1) is 5.34 Å². The molecular formula is C10H20Cl2O3. The Balaban J connectivity index is -0.0000000542. The Hall–Kier alpha value is -0.410. The van der Waals surface area contributed by atoms with E-state index in [-0.39, 0.29) is 22.7 Å². The van der Waals surface area contributed by atoms with Crippen LogP contribution in [0.2, 0.25) is 0 Å². The molecule has 0 heterocycles. The summed E-state index contributed by atoms with van der Waals surface area (Å²) in [5, 5.41) is 0.194. The normalized spacial score (nSPS) is 6.40. The first-order chi connectivity index (χ1) is 6.61. The van der Waals surface area contributed by atoms with Crippen LogP contribution in [0.15, 0.2) is 0 Å². The Morgan fingerprint density at radius 2 is 0.667 bits per heavy atom. The smallest absolute Gasteiger partial charge is 0.126 e. The van der Waals surface area contributed by atoms with Gasteiger partial charge in [-0.1, -0.05) is 0 Å². The van der Waals surface area contributed by atoms with Gasteiger partial charge in [0, 0.05) is 0 Å². The Bertz CT molecular complexity index is 128. The number of rotatable bonds is 0. The molecule has 0 aliphatic rings. The third kappa shape index (κ3) is 10900. The van der Waals surface area contributed by atoms with Gasteiger partial charge in [-0.05, 0) is 41.5 Å². The lowest BCUT2D eigenvalue weighted by atomic mass is 10.6. The van der Waals surface area contributed by atoms with Crippen LogP contribution in [0.1, 0.15) is 41.5 Å². The number of halogens is 2. The fraction of sp³-hybridized carbons (Fsp3) is 0.700. The first kappa shape index (κ1) is 24.0. The van der Waals surface area contributed by atoms with Crippen LogP contribution < -0.4 is 0 Å². The maximum atomic E-state index is 9.44. The summed E-state index contributed by atoms with van der Waals surface area (Å²) >= 11 is 9.53. The SMILES string of the molecule is CC(C)=O.CC(C)=O.CC(C)=O.ClCCl. The van der Waals surface area contributed by atoms with Crippen LogP contribution in [0.3, 0.4) is 0 Å². The largest absolute Gasteiger partial charge is 0.300 e. The second kappa shape index (κ2) is 23.4. The van der Waals surface area contributed by atoms with Gasteiger partial charge in [-0.15, -0.1) is 23.2 Å². The fourth-order valence-corrected chi connectivity index (χ4v) is 0. The van der Waals surface area contributed by atoms with E-state index in [4.69, 9.17) is 23.2 Å². The summed E-state index contributed by atoms with van der Waals surface area (Å²) in [5.74, 6) is 0.500. The van der Waals surface area contributed by atoms with E-state index >= 15 is 0 Å². The van der Waals surface area contributed by atoms with Crippen molar-refractivity contribution >= 4 is 40.6 Å². The Morgan fingerprint density at radius 3 is 0.667 bits per heavy atom. The monoisotopic (exact) mass is 258 g/mol. The summed E-state index contributed by atoms with van der Waals surface area (Å²) in [4.78, 5) is 28.3. The minimum atomic E-state index is 0.167. The van der Waals surface area contributed by atoms with Crippen molar-refractivity contribution in [3.8, 4) is 0 Å². The molecule has 0 aliphatic carbocycles. The van der Waals surface area contributed by atoms with Crippen molar-refractivity contribution < 1.29 is 14.4 Å². The third-order valence-corrected chi connectivity index (χ3v) is 0. The van der Waals surface area contributed by atoms with Crippen LogP contribution in [-0.4, -0.2) is 22.7 Å². The van der Waals surface area contributed by atoms with Crippen molar-refractivity contribution in [1.29, 1.82) is 0 Å². The van der Waals surface area contributed by atoms with E-state index in [9.17, 15) is 14.4 Å². The number of Topliss-reactive ketones (excluding diaryl/α,β-unsaturated/α-hetero) is 3. The fourth-order valence-electron chi connectivity index (χ4n) is 0. The predicted octanol–water partition coefficient (Wildman–Crippen LogP) is 3.21. The van der Waals surface area contributed by atoms with Crippen molar-refractivity contribution in [3.05, 3.63) is 0 Å². The molecule has 3 nitrogen and oxygen atoms in total. The molecular weight excluding hydrogens is 239 g/mol. The van der Waals surface area contributed by atoms with Gasteiger partial charge in [-0.2, -0.15) is 0 Å². The summed E-state index contributed by atoms with van der Waals surface area (Å²) in [6, 6.07) is 0. The number of alkyl halides is 2. The summed E-state index contributed by atoms with van der Waals surface area (Å²) in [7, 11) is 0. The lowest BCUT2D eigenvalue weighted by molar-refractivity contribution is -0.115. The van der Waals surface area contributed by atoms with Crippen molar-refractivity contribution in [2.24, 2.45) is 0 Å². The van der Waals surface area contributed by atoms with Crippen LogP contribution in [0.4, 0.5) is 0 Å². The van der Waals surface area contributed by atoms with Gasteiger partial charge in [-0.3, -0.25) is 0 Å². The molecule has 0 atom stereocenters. The first-order valence-corrected chi connectivity index (χ1v) is 5.22. The van der Waals surface area contributed by atoms with Crippen molar-refractivity contribution in [2.45, 2.75) is 41.5 Å². The summed E-state index contributed by atoms with van der Waals surface area (Å²) in [6.45, 7) is 9.17. The quantitative estimate of drug-likeness (QED) is 0.627. The minimum Gasteiger partial charge on any atom is -0.300 e. The summed E-state index contributed by atoms with van der Waals surface area (Å²) < 4.78 is 0. The molecule has 0 rings (SSSR count). The van der Waals surface area contributed by atoms with Crippen LogP contribution in [0, 0.1) is 0 Å². The molecule has 0 N–H and O–H groups in total. The highest BCUT2D eigenvalue weighted by molar-refractivity contribution is 6.40. The van der Waals surface area contributed by atoms with E-state index in [2.05, 4.69) is 0 Å². The molecule has 0 amide bonds. The molecule has 0 fully saturated rings. The van der Waals surface area contributed by atoms with Gasteiger partial charge in [0.25, 0.3) is 0 Å². The molecule has 0 unspecified atom stereocenters. The number of hydrogen-bond acceptors (Lipinski definition) is 3. The summed E-state index contributed by atoms with van der Waals surface area (Å²) in [6.07, 6.45) is 0. The van der Waals surface area contributed by atoms with E-state index in [1.165, 1.54) is 41.5 Å². The second-order valence-electron chi connectivity index (χ2n) is 2.83. The lowest BCUT2D eigenvalue weighted by Crippen LogP contribution is -1.69. The highest BCUT2D eigenvalue weighted by Gasteiger charge is 1.63. The number of carbonyl (C=O) groups is 3. The molecule has 0 spiro atoms. The number of hydrogen-bond donors (Lipinski definition) is 0. The zero-order chi connectivity index (χ0) is 13.4. The van der Waals surface area contributed by atoms with Crippen molar-refractivity contribution in [3.63, 3.8) is 0 Å². The number of ketones is 3. The molecule has 92 valence electrons. The minimum absolute atomic E-state index is 0.167. The average Bonchev–Trinajstić information content (AvgIpc) is 1.81. The van der Waals surface area contributed by atoms with Crippen LogP contribution >= 0.6 is 23.2 Å². The van der Waals surface area contributed by atoms with Gasteiger partial charge in [0.15, 0.2) is 0 Å². The Labute approximate surface area is 102 Å². The molecule has 0 aliphatic heterocycles. The maximum absolute atomic E-state index is 9.44. The lowest BCUT2D eigenvalue weighted by Gasteiger charge is -1.56. The number of carbonyl (C=O) groups excluding carboxylic acids is 3. The zero-order valence-electron chi connectivity index (χ0n) is 10.2. The highest BCUT2D eigenvalue weighted by Crippen LogP contribution is 1.73. The van der Waals surface area contributed by atoms with Crippen LogP contribution in [0.5, 0.6) is 0 Å². The molecule has 0 aromatic carbocycles.